The Morgan fingerprint density at radius 1 is 1.15 bits per heavy atom. The molecule has 0 amide bonds. The Morgan fingerprint density at radius 2 is 1.70 bits per heavy atom. The Labute approximate surface area is 119 Å². The molecule has 1 N–H and O–H groups in total. The van der Waals surface area contributed by atoms with Gasteiger partial charge < -0.3 is 9.47 Å². The van der Waals surface area contributed by atoms with Crippen molar-refractivity contribution in [2.24, 2.45) is 0 Å². The van der Waals surface area contributed by atoms with Crippen molar-refractivity contribution in [2.75, 3.05) is 13.2 Å². The van der Waals surface area contributed by atoms with E-state index in [-0.39, 0.29) is 29.6 Å². The Balaban J connectivity index is 3.21. The fourth-order valence-corrected chi connectivity index (χ4v) is 2.00. The molecule has 0 aromatic heterocycles. The Hall–Kier alpha value is -1.79. The predicted octanol–water partition coefficient (Wildman–Crippen LogP) is 2.84. The molecule has 0 spiro atoms. The van der Waals surface area contributed by atoms with Crippen LogP contribution in [0, 0.1) is 0 Å². The van der Waals surface area contributed by atoms with E-state index in [4.69, 9.17) is 9.47 Å². The van der Waals surface area contributed by atoms with Crippen molar-refractivity contribution in [1.82, 2.24) is 0 Å². The largest absolute Gasteiger partial charge is 0.485 e. The number of para-hydroxylation sites is 1. The molecular formula is C14H18O5S. The average Bonchev–Trinajstić information content (AvgIpc) is 2.32. The molecule has 0 aliphatic heterocycles. The number of ether oxygens (including phenoxy) is 2. The summed E-state index contributed by atoms with van der Waals surface area (Å²) in [4.78, 5) is -0.335. The van der Waals surface area contributed by atoms with Crippen molar-refractivity contribution >= 4 is 10.1 Å². The van der Waals surface area contributed by atoms with Crippen LogP contribution in [0.5, 0.6) is 11.5 Å². The zero-order valence-electron chi connectivity index (χ0n) is 11.5. The van der Waals surface area contributed by atoms with Crippen LogP contribution < -0.4 is 9.47 Å². The smallest absolute Gasteiger partial charge is 0.298 e. The van der Waals surface area contributed by atoms with E-state index in [1.807, 2.05) is 0 Å². The van der Waals surface area contributed by atoms with Crippen LogP contribution in [0.1, 0.15) is 13.8 Å². The highest BCUT2D eigenvalue weighted by molar-refractivity contribution is 7.86. The summed E-state index contributed by atoms with van der Waals surface area (Å²) in [5.41, 5.74) is 1.48. The van der Waals surface area contributed by atoms with E-state index in [1.165, 1.54) is 12.1 Å². The summed E-state index contributed by atoms with van der Waals surface area (Å²) >= 11 is 0. The molecule has 0 radical (unpaired) electrons. The van der Waals surface area contributed by atoms with Gasteiger partial charge in [-0.3, -0.25) is 4.55 Å². The number of rotatable bonds is 7. The molecule has 0 atom stereocenters. The Bertz CT molecular complexity index is 616. The van der Waals surface area contributed by atoms with Gasteiger partial charge in [-0.25, -0.2) is 0 Å². The first kappa shape index (κ1) is 16.3. The average molecular weight is 298 g/mol. The van der Waals surface area contributed by atoms with Gasteiger partial charge in [0, 0.05) is 0 Å². The minimum absolute atomic E-state index is 0.0285. The van der Waals surface area contributed by atoms with Crippen molar-refractivity contribution in [3.63, 3.8) is 0 Å². The lowest BCUT2D eigenvalue weighted by Gasteiger charge is -2.15. The first-order valence-electron chi connectivity index (χ1n) is 5.86. The molecule has 110 valence electrons. The second-order valence-corrected chi connectivity index (χ2v) is 5.94. The van der Waals surface area contributed by atoms with Crippen molar-refractivity contribution in [3.8, 4) is 11.5 Å². The van der Waals surface area contributed by atoms with Crippen molar-refractivity contribution in [3.05, 3.63) is 42.5 Å². The highest BCUT2D eigenvalue weighted by Gasteiger charge is 2.21. The van der Waals surface area contributed by atoms with Crippen LogP contribution in [0.25, 0.3) is 0 Å². The minimum Gasteiger partial charge on any atom is -0.485 e. The van der Waals surface area contributed by atoms with Crippen LogP contribution in [0.2, 0.25) is 0 Å². The maximum absolute atomic E-state index is 11.4. The topological polar surface area (TPSA) is 72.8 Å². The Morgan fingerprint density at radius 3 is 2.20 bits per heavy atom. The van der Waals surface area contributed by atoms with Gasteiger partial charge in [-0.2, -0.15) is 8.42 Å². The maximum atomic E-state index is 11.4. The normalized spacial score (nSPS) is 10.9. The van der Waals surface area contributed by atoms with Crippen molar-refractivity contribution < 1.29 is 22.4 Å². The minimum atomic E-state index is -4.40. The highest BCUT2D eigenvalue weighted by Crippen LogP contribution is 2.34. The van der Waals surface area contributed by atoms with E-state index in [0.29, 0.717) is 5.57 Å². The number of hydrogen-bond acceptors (Lipinski definition) is 4. The fraction of sp³-hybridized carbons (Fsp3) is 0.286. The van der Waals surface area contributed by atoms with Gasteiger partial charge in [0.1, 0.15) is 18.1 Å². The summed E-state index contributed by atoms with van der Waals surface area (Å²) in [6.07, 6.45) is 0. The van der Waals surface area contributed by atoms with E-state index in [9.17, 15) is 13.0 Å². The molecule has 0 aliphatic carbocycles. The van der Waals surface area contributed by atoms with Gasteiger partial charge in [0.05, 0.1) is 0 Å². The Kier molecular flexibility index (Phi) is 5.35. The van der Waals surface area contributed by atoms with Crippen LogP contribution in [0.15, 0.2) is 47.4 Å². The van der Waals surface area contributed by atoms with Crippen LogP contribution in [0.4, 0.5) is 0 Å². The second kappa shape index (κ2) is 6.58. The van der Waals surface area contributed by atoms with Gasteiger partial charge in [0.2, 0.25) is 0 Å². The third-order valence-electron chi connectivity index (χ3n) is 2.16. The van der Waals surface area contributed by atoms with Crippen molar-refractivity contribution in [1.29, 1.82) is 0 Å². The van der Waals surface area contributed by atoms with Gasteiger partial charge in [0.15, 0.2) is 11.5 Å². The molecule has 1 aromatic carbocycles. The first-order valence-corrected chi connectivity index (χ1v) is 7.30. The maximum Gasteiger partial charge on any atom is 0.298 e. The molecule has 6 heteroatoms. The molecule has 1 rings (SSSR count). The molecule has 1 aromatic rings. The highest BCUT2D eigenvalue weighted by atomic mass is 32.2. The standard InChI is InChI=1S/C14H18O5S/c1-10(2)8-18-12-6-5-7-13(20(15,16)17)14(12)19-9-11(3)4/h5-7H,1,3,8-9H2,2,4H3,(H,15,16,17). The second-order valence-electron chi connectivity index (χ2n) is 4.55. The van der Waals surface area contributed by atoms with E-state index in [0.717, 1.165) is 5.57 Å². The molecular weight excluding hydrogens is 280 g/mol. The van der Waals surface area contributed by atoms with E-state index < -0.39 is 10.1 Å². The van der Waals surface area contributed by atoms with E-state index in [1.54, 1.807) is 19.9 Å². The molecule has 0 aliphatic rings. The van der Waals surface area contributed by atoms with Gasteiger partial charge >= 0.3 is 0 Å². The molecule has 0 fully saturated rings. The van der Waals surface area contributed by atoms with Gasteiger partial charge in [-0.15, -0.1) is 0 Å². The summed E-state index contributed by atoms with van der Waals surface area (Å²) in [5.74, 6) is 0.198. The quantitative estimate of drug-likeness (QED) is 0.619. The van der Waals surface area contributed by atoms with Crippen LogP contribution >= 0.6 is 0 Å². The van der Waals surface area contributed by atoms with Crippen molar-refractivity contribution in [2.45, 2.75) is 18.7 Å². The van der Waals surface area contributed by atoms with E-state index >= 15 is 0 Å². The summed E-state index contributed by atoms with van der Waals surface area (Å²) in [6, 6.07) is 4.27. The zero-order valence-corrected chi connectivity index (χ0v) is 12.4. The molecule has 0 bridgehead atoms. The molecule has 0 saturated heterocycles. The number of benzene rings is 1. The monoisotopic (exact) mass is 298 g/mol. The lowest BCUT2D eigenvalue weighted by molar-refractivity contribution is 0.291. The fourth-order valence-electron chi connectivity index (χ4n) is 1.35. The van der Waals surface area contributed by atoms with Gasteiger partial charge in [-0.1, -0.05) is 19.2 Å². The SMILES string of the molecule is C=C(C)COc1cccc(S(=O)(=O)O)c1OCC(=C)C. The van der Waals surface area contributed by atoms with Gasteiger partial charge in [0.25, 0.3) is 10.1 Å². The van der Waals surface area contributed by atoms with Crippen LogP contribution in [-0.2, 0) is 10.1 Å². The lowest BCUT2D eigenvalue weighted by atomic mass is 10.3. The third-order valence-corrected chi connectivity index (χ3v) is 3.03. The number of hydrogen-bond donors (Lipinski definition) is 1. The molecule has 5 nitrogen and oxygen atoms in total. The summed E-state index contributed by atoms with van der Waals surface area (Å²) in [5, 5.41) is 0. The molecule has 20 heavy (non-hydrogen) atoms. The summed E-state index contributed by atoms with van der Waals surface area (Å²) < 4.78 is 42.8. The molecule has 0 heterocycles. The summed E-state index contributed by atoms with van der Waals surface area (Å²) in [7, 11) is -4.40. The zero-order chi connectivity index (χ0) is 15.3. The summed E-state index contributed by atoms with van der Waals surface area (Å²) in [6.45, 7) is 11.2. The van der Waals surface area contributed by atoms with Crippen LogP contribution in [0.3, 0.4) is 0 Å². The van der Waals surface area contributed by atoms with E-state index in [2.05, 4.69) is 13.2 Å². The third kappa shape index (κ3) is 4.71. The first-order chi connectivity index (χ1) is 9.21. The predicted molar refractivity (Wildman–Crippen MR) is 76.9 cm³/mol. The van der Waals surface area contributed by atoms with Crippen LogP contribution in [-0.4, -0.2) is 26.2 Å². The molecule has 0 unspecified atom stereocenters. The lowest BCUT2D eigenvalue weighted by Crippen LogP contribution is -2.08. The van der Waals surface area contributed by atoms with Gasteiger partial charge in [-0.05, 0) is 37.1 Å². The molecule has 0 saturated carbocycles.